The monoisotopic (exact) mass is 402 g/mol. The topological polar surface area (TPSA) is 64.5 Å². The van der Waals surface area contributed by atoms with E-state index in [1.54, 1.807) is 6.07 Å². The maximum Gasteiger partial charge on any atom is 0.241 e. The van der Waals surface area contributed by atoms with Crippen LogP contribution in [0.25, 0.3) is 0 Å². The number of ether oxygens (including phenoxy) is 2. The smallest absolute Gasteiger partial charge is 0.241 e. The summed E-state index contributed by atoms with van der Waals surface area (Å²) in [6, 6.07) is 5.49. The second-order valence-corrected chi connectivity index (χ2v) is 5.65. The van der Waals surface area contributed by atoms with E-state index in [0.29, 0.717) is 17.1 Å². The van der Waals surface area contributed by atoms with E-state index in [1.807, 2.05) is 12.1 Å². The van der Waals surface area contributed by atoms with Gasteiger partial charge in [0.2, 0.25) is 11.8 Å². The van der Waals surface area contributed by atoms with Crippen molar-refractivity contribution in [2.45, 2.75) is 6.10 Å². The molecule has 1 N–H and O–H groups in total. The van der Waals surface area contributed by atoms with Crippen LogP contribution in [0.15, 0.2) is 33.3 Å². The van der Waals surface area contributed by atoms with Gasteiger partial charge in [-0.15, -0.1) is 0 Å². The number of aliphatic hydroxyl groups is 1. The lowest BCUT2D eigenvalue weighted by Gasteiger charge is -2.15. The molecule has 1 aromatic carbocycles. The molecule has 2 aromatic rings. The summed E-state index contributed by atoms with van der Waals surface area (Å²) in [5.74, 6) is 0.555. The molecule has 0 saturated heterocycles. The van der Waals surface area contributed by atoms with Gasteiger partial charge < -0.3 is 14.6 Å². The number of hydrogen-bond acceptors (Lipinski definition) is 5. The van der Waals surface area contributed by atoms with Crippen molar-refractivity contribution in [3.8, 4) is 11.8 Å². The third-order valence-electron chi connectivity index (χ3n) is 2.66. The molecule has 5 nitrogen and oxygen atoms in total. The molecule has 0 bridgehead atoms. The molecule has 1 atom stereocenters. The van der Waals surface area contributed by atoms with Gasteiger partial charge in [-0.3, -0.25) is 0 Å². The number of nitrogens with zero attached hydrogens (tertiary/aromatic N) is 2. The van der Waals surface area contributed by atoms with E-state index in [1.165, 1.54) is 20.4 Å². The minimum Gasteiger partial charge on any atom is -0.480 e. The Bertz CT molecular complexity index is 623. The minimum atomic E-state index is -0.953. The van der Waals surface area contributed by atoms with Gasteiger partial charge in [-0.25, -0.2) is 4.98 Å². The molecule has 2 rings (SSSR count). The fourth-order valence-corrected chi connectivity index (χ4v) is 2.94. The zero-order valence-electron chi connectivity index (χ0n) is 10.8. The summed E-state index contributed by atoms with van der Waals surface area (Å²) in [4.78, 5) is 8.28. The largest absolute Gasteiger partial charge is 0.480 e. The van der Waals surface area contributed by atoms with Crippen LogP contribution in [0.1, 0.15) is 17.4 Å². The van der Waals surface area contributed by atoms with Crippen LogP contribution >= 0.6 is 31.9 Å². The van der Waals surface area contributed by atoms with Crippen LogP contribution in [0.2, 0.25) is 0 Å². The Morgan fingerprint density at radius 1 is 1.20 bits per heavy atom. The molecule has 0 fully saturated rings. The first kappa shape index (κ1) is 15.2. The lowest BCUT2D eigenvalue weighted by molar-refractivity contribution is 0.206. The molecule has 0 aliphatic heterocycles. The van der Waals surface area contributed by atoms with Crippen molar-refractivity contribution >= 4 is 31.9 Å². The van der Waals surface area contributed by atoms with E-state index in [-0.39, 0.29) is 5.88 Å². The highest BCUT2D eigenvalue weighted by Crippen LogP contribution is 2.33. The molecule has 0 aliphatic carbocycles. The van der Waals surface area contributed by atoms with Crippen molar-refractivity contribution in [2.75, 3.05) is 14.2 Å². The molecular formula is C13H12Br2N2O3. The number of benzene rings is 1. The number of aromatic nitrogens is 2. The molecule has 0 amide bonds. The van der Waals surface area contributed by atoms with Crippen molar-refractivity contribution in [2.24, 2.45) is 0 Å². The van der Waals surface area contributed by atoms with Gasteiger partial charge in [0.05, 0.1) is 20.4 Å². The Hall–Kier alpha value is -1.18. The summed E-state index contributed by atoms with van der Waals surface area (Å²) in [6.45, 7) is 0. The van der Waals surface area contributed by atoms with E-state index < -0.39 is 6.10 Å². The van der Waals surface area contributed by atoms with Crippen LogP contribution in [-0.2, 0) is 0 Å². The predicted octanol–water partition coefficient (Wildman–Crippen LogP) is 3.10. The fraction of sp³-hybridized carbons (Fsp3) is 0.231. The SMILES string of the molecule is COc1cnc(C(O)c2ccc(Br)cc2Br)c(OC)n1. The van der Waals surface area contributed by atoms with Crippen LogP contribution in [0, 0.1) is 0 Å². The van der Waals surface area contributed by atoms with Gasteiger partial charge in [0.15, 0.2) is 0 Å². The normalized spacial score (nSPS) is 12.1. The van der Waals surface area contributed by atoms with Crippen LogP contribution in [0.5, 0.6) is 11.8 Å². The summed E-state index contributed by atoms with van der Waals surface area (Å²) in [6.07, 6.45) is 0.485. The van der Waals surface area contributed by atoms with Crippen molar-refractivity contribution < 1.29 is 14.6 Å². The van der Waals surface area contributed by atoms with Crippen LogP contribution in [0.4, 0.5) is 0 Å². The molecule has 7 heteroatoms. The van der Waals surface area contributed by atoms with Crippen LogP contribution < -0.4 is 9.47 Å². The fourth-order valence-electron chi connectivity index (χ4n) is 1.67. The summed E-state index contributed by atoms with van der Waals surface area (Å²) in [5.41, 5.74) is 1.00. The van der Waals surface area contributed by atoms with E-state index >= 15 is 0 Å². The average Bonchev–Trinajstić information content (AvgIpc) is 2.46. The highest BCUT2D eigenvalue weighted by Gasteiger charge is 2.21. The lowest BCUT2D eigenvalue weighted by atomic mass is 10.1. The standard InChI is InChI=1S/C13H12Br2N2O3/c1-19-10-6-16-11(13(17-10)20-2)12(18)8-4-3-7(14)5-9(8)15/h3-6,12,18H,1-2H3. The second-order valence-electron chi connectivity index (χ2n) is 3.88. The average molecular weight is 404 g/mol. The summed E-state index contributed by atoms with van der Waals surface area (Å²) in [5, 5.41) is 10.5. The number of rotatable bonds is 4. The van der Waals surface area contributed by atoms with Crippen LogP contribution in [0.3, 0.4) is 0 Å². The Morgan fingerprint density at radius 2 is 1.95 bits per heavy atom. The minimum absolute atomic E-state index is 0.228. The van der Waals surface area contributed by atoms with Crippen molar-refractivity contribution in [3.05, 3.63) is 44.6 Å². The van der Waals surface area contributed by atoms with Crippen molar-refractivity contribution in [1.29, 1.82) is 0 Å². The molecule has 0 saturated carbocycles. The molecule has 0 spiro atoms. The Balaban J connectivity index is 2.44. The molecule has 20 heavy (non-hydrogen) atoms. The molecule has 1 unspecified atom stereocenters. The van der Waals surface area contributed by atoms with Gasteiger partial charge in [-0.1, -0.05) is 37.9 Å². The molecule has 1 heterocycles. The van der Waals surface area contributed by atoms with Gasteiger partial charge in [0, 0.05) is 14.5 Å². The van der Waals surface area contributed by atoms with E-state index in [9.17, 15) is 5.11 Å². The molecular weight excluding hydrogens is 392 g/mol. The first-order chi connectivity index (χ1) is 9.56. The third kappa shape index (κ3) is 3.11. The predicted molar refractivity (Wildman–Crippen MR) is 81.0 cm³/mol. The number of aliphatic hydroxyl groups excluding tert-OH is 1. The zero-order chi connectivity index (χ0) is 14.7. The highest BCUT2D eigenvalue weighted by molar-refractivity contribution is 9.11. The highest BCUT2D eigenvalue weighted by atomic mass is 79.9. The van der Waals surface area contributed by atoms with Gasteiger partial charge in [0.1, 0.15) is 11.8 Å². The maximum atomic E-state index is 10.5. The van der Waals surface area contributed by atoms with Crippen molar-refractivity contribution in [3.63, 3.8) is 0 Å². The van der Waals surface area contributed by atoms with Crippen LogP contribution in [-0.4, -0.2) is 29.3 Å². The molecule has 0 radical (unpaired) electrons. The zero-order valence-corrected chi connectivity index (χ0v) is 14.0. The van der Waals surface area contributed by atoms with E-state index in [2.05, 4.69) is 41.8 Å². The molecule has 1 aromatic heterocycles. The molecule has 0 aliphatic rings. The number of hydrogen-bond donors (Lipinski definition) is 1. The maximum absolute atomic E-state index is 10.5. The summed E-state index contributed by atoms with van der Waals surface area (Å²) in [7, 11) is 2.96. The number of halogens is 2. The summed E-state index contributed by atoms with van der Waals surface area (Å²) >= 11 is 6.78. The van der Waals surface area contributed by atoms with Gasteiger partial charge in [0.25, 0.3) is 0 Å². The van der Waals surface area contributed by atoms with Gasteiger partial charge >= 0.3 is 0 Å². The van der Waals surface area contributed by atoms with E-state index in [4.69, 9.17) is 9.47 Å². The quantitative estimate of drug-likeness (QED) is 0.849. The lowest BCUT2D eigenvalue weighted by Crippen LogP contribution is -2.08. The van der Waals surface area contributed by atoms with Gasteiger partial charge in [-0.2, -0.15) is 4.98 Å². The van der Waals surface area contributed by atoms with E-state index in [0.717, 1.165) is 8.95 Å². The Labute approximate surface area is 133 Å². The third-order valence-corrected chi connectivity index (χ3v) is 3.84. The first-order valence-electron chi connectivity index (χ1n) is 5.64. The molecule has 106 valence electrons. The second kappa shape index (κ2) is 6.51. The number of methoxy groups -OCH3 is 2. The Kier molecular flexibility index (Phi) is 4.95. The van der Waals surface area contributed by atoms with Crippen molar-refractivity contribution in [1.82, 2.24) is 9.97 Å². The summed E-state index contributed by atoms with van der Waals surface area (Å²) < 4.78 is 11.8. The van der Waals surface area contributed by atoms with Gasteiger partial charge in [-0.05, 0) is 12.1 Å². The first-order valence-corrected chi connectivity index (χ1v) is 7.23. The Morgan fingerprint density at radius 3 is 2.55 bits per heavy atom.